The number of rotatable bonds is 7. The van der Waals surface area contributed by atoms with Gasteiger partial charge in [0.1, 0.15) is 0 Å². The molecular weight excluding hydrogens is 448 g/mol. The first-order valence-corrected chi connectivity index (χ1v) is 15.1. The van der Waals surface area contributed by atoms with Crippen LogP contribution in [0.3, 0.4) is 0 Å². The maximum atomic E-state index is 7.61. The van der Waals surface area contributed by atoms with Crippen LogP contribution in [0.25, 0.3) is 0 Å². The Labute approximate surface area is 224 Å². The highest BCUT2D eigenvalue weighted by molar-refractivity contribution is 5.75. The summed E-state index contributed by atoms with van der Waals surface area (Å²) in [6.07, 6.45) is 41.1. The van der Waals surface area contributed by atoms with E-state index in [4.69, 9.17) is 5.41 Å². The minimum absolute atomic E-state index is 0.355. The van der Waals surface area contributed by atoms with Gasteiger partial charge >= 0.3 is 0 Å². The van der Waals surface area contributed by atoms with Gasteiger partial charge in [-0.15, -0.1) is 0 Å². The lowest BCUT2D eigenvalue weighted by atomic mass is 9.63. The molecule has 4 unspecified atom stereocenters. The van der Waals surface area contributed by atoms with E-state index in [1.807, 2.05) is 6.21 Å². The number of nitrogens with one attached hydrogen (secondary N) is 1. The molecule has 1 saturated carbocycles. The summed E-state index contributed by atoms with van der Waals surface area (Å²) >= 11 is 0. The molecule has 5 aliphatic carbocycles. The van der Waals surface area contributed by atoms with E-state index in [0.717, 1.165) is 30.7 Å². The normalized spacial score (nSPS) is 34.1. The van der Waals surface area contributed by atoms with Crippen LogP contribution in [-0.2, 0) is 0 Å². The maximum absolute atomic E-state index is 7.61. The lowest BCUT2D eigenvalue weighted by Crippen LogP contribution is -2.31. The minimum Gasteiger partial charge on any atom is -0.313 e. The van der Waals surface area contributed by atoms with E-state index in [0.29, 0.717) is 17.8 Å². The highest BCUT2D eigenvalue weighted by Gasteiger charge is 2.36. The van der Waals surface area contributed by atoms with Gasteiger partial charge in [-0.2, -0.15) is 0 Å². The van der Waals surface area contributed by atoms with Gasteiger partial charge in [0.2, 0.25) is 0 Å². The van der Waals surface area contributed by atoms with Crippen LogP contribution in [0.5, 0.6) is 0 Å². The molecular formula is C35H44N2. The zero-order chi connectivity index (χ0) is 25.0. The lowest BCUT2D eigenvalue weighted by molar-refractivity contribution is 0.207. The summed E-state index contributed by atoms with van der Waals surface area (Å²) in [4.78, 5) is 4.36. The number of hydrogen-bond acceptors (Lipinski definition) is 2. The number of allylic oxidation sites excluding steroid dienone is 13. The molecule has 1 fully saturated rings. The molecule has 0 spiro atoms. The van der Waals surface area contributed by atoms with Crippen molar-refractivity contribution in [2.45, 2.75) is 77.0 Å². The van der Waals surface area contributed by atoms with E-state index in [-0.39, 0.29) is 0 Å². The Balaban J connectivity index is 1.10. The van der Waals surface area contributed by atoms with Crippen molar-refractivity contribution in [3.05, 3.63) is 82.5 Å². The molecule has 194 valence electrons. The Morgan fingerprint density at radius 3 is 2.70 bits per heavy atom. The summed E-state index contributed by atoms with van der Waals surface area (Å²) in [5.41, 5.74) is 8.08. The average molecular weight is 493 g/mol. The number of aliphatic imine (C=N–C) groups is 1. The van der Waals surface area contributed by atoms with Crippen molar-refractivity contribution >= 4 is 12.4 Å². The SMILES string of the molecule is N=CCC(/C=C/C1CCC(C2C=CC(C3C=CC4=C(CCCC4)C3)=C3C=CCCC32)CC1)C1=CC=NC1. The zero-order valence-electron chi connectivity index (χ0n) is 22.5. The molecule has 0 saturated heterocycles. The monoisotopic (exact) mass is 492 g/mol. The molecule has 0 radical (unpaired) electrons. The molecule has 0 amide bonds. The van der Waals surface area contributed by atoms with E-state index in [2.05, 4.69) is 59.7 Å². The van der Waals surface area contributed by atoms with Gasteiger partial charge in [0.15, 0.2) is 0 Å². The Morgan fingerprint density at radius 1 is 0.973 bits per heavy atom. The van der Waals surface area contributed by atoms with Gasteiger partial charge in [-0.05, 0) is 135 Å². The first-order chi connectivity index (χ1) is 18.3. The van der Waals surface area contributed by atoms with E-state index >= 15 is 0 Å². The van der Waals surface area contributed by atoms with E-state index < -0.39 is 0 Å². The summed E-state index contributed by atoms with van der Waals surface area (Å²) in [7, 11) is 0. The van der Waals surface area contributed by atoms with Crippen molar-refractivity contribution in [1.29, 1.82) is 5.41 Å². The first-order valence-electron chi connectivity index (χ1n) is 15.1. The summed E-state index contributed by atoms with van der Waals surface area (Å²) in [5.74, 6) is 3.91. The van der Waals surface area contributed by atoms with Gasteiger partial charge < -0.3 is 5.41 Å². The van der Waals surface area contributed by atoms with Crippen molar-refractivity contribution in [2.75, 3.05) is 6.54 Å². The standard InChI is InChI=1S/C35H44N2/c36-21-19-27(31-20-22-37-24-31)12-9-25-10-13-28(14-11-25)32-17-18-33(35-8-4-3-7-34(32)35)30-16-15-26-5-1-2-6-29(26)23-30/h4,8-9,12,15-18,20-22,25,27-28,30,32,34,36H,1-3,5-7,10-11,13-14,19,23-24H2/b12-9+,36-21?. The van der Waals surface area contributed by atoms with Crippen LogP contribution in [0.2, 0.25) is 0 Å². The molecule has 4 atom stereocenters. The van der Waals surface area contributed by atoms with Crippen LogP contribution in [-0.4, -0.2) is 19.0 Å². The second-order valence-electron chi connectivity index (χ2n) is 12.3. The largest absolute Gasteiger partial charge is 0.313 e. The van der Waals surface area contributed by atoms with Crippen LogP contribution in [0.15, 0.2) is 87.5 Å². The number of hydrogen-bond donors (Lipinski definition) is 1. The lowest BCUT2D eigenvalue weighted by Gasteiger charge is -2.41. The van der Waals surface area contributed by atoms with Crippen molar-refractivity contribution in [3.8, 4) is 0 Å². The molecule has 2 heteroatoms. The molecule has 37 heavy (non-hydrogen) atoms. The van der Waals surface area contributed by atoms with Gasteiger partial charge in [0.25, 0.3) is 0 Å². The van der Waals surface area contributed by atoms with E-state index in [9.17, 15) is 0 Å². The van der Waals surface area contributed by atoms with Crippen molar-refractivity contribution in [3.63, 3.8) is 0 Å². The molecule has 0 aromatic heterocycles. The fraction of sp³-hybridized carbons (Fsp3) is 0.543. The summed E-state index contributed by atoms with van der Waals surface area (Å²) in [6, 6.07) is 0. The van der Waals surface area contributed by atoms with E-state index in [1.54, 1.807) is 28.5 Å². The van der Waals surface area contributed by atoms with Crippen LogP contribution in [0.1, 0.15) is 77.0 Å². The molecule has 0 aromatic carbocycles. The topological polar surface area (TPSA) is 36.2 Å². The number of nitrogens with zero attached hydrogens (tertiary/aromatic N) is 1. The molecule has 0 bridgehead atoms. The summed E-state index contributed by atoms with van der Waals surface area (Å²) < 4.78 is 0. The fourth-order valence-electron chi connectivity index (χ4n) is 8.04. The third-order valence-electron chi connectivity index (χ3n) is 10.2. The van der Waals surface area contributed by atoms with Crippen LogP contribution < -0.4 is 0 Å². The second-order valence-corrected chi connectivity index (χ2v) is 12.3. The van der Waals surface area contributed by atoms with Gasteiger partial charge in [-0.1, -0.05) is 54.2 Å². The van der Waals surface area contributed by atoms with Crippen molar-refractivity contribution in [2.24, 2.45) is 40.5 Å². The van der Waals surface area contributed by atoms with Crippen molar-refractivity contribution in [1.82, 2.24) is 0 Å². The quantitative estimate of drug-likeness (QED) is 0.272. The Morgan fingerprint density at radius 2 is 1.86 bits per heavy atom. The smallest absolute Gasteiger partial charge is 0.0609 e. The van der Waals surface area contributed by atoms with Gasteiger partial charge in [-0.25, -0.2) is 0 Å². The molecule has 1 N–H and O–H groups in total. The minimum atomic E-state index is 0.355. The number of fused-ring (bicyclic) bond motifs is 1. The van der Waals surface area contributed by atoms with Gasteiger partial charge in [0.05, 0.1) is 6.54 Å². The van der Waals surface area contributed by atoms with Crippen LogP contribution >= 0.6 is 0 Å². The molecule has 2 nitrogen and oxygen atoms in total. The molecule has 6 rings (SSSR count). The highest BCUT2D eigenvalue weighted by atomic mass is 14.7. The van der Waals surface area contributed by atoms with Gasteiger partial charge in [-0.3, -0.25) is 4.99 Å². The van der Waals surface area contributed by atoms with Crippen LogP contribution in [0, 0.1) is 40.9 Å². The Bertz CT molecular complexity index is 1110. The molecule has 0 aromatic rings. The first kappa shape index (κ1) is 24.8. The van der Waals surface area contributed by atoms with Crippen LogP contribution in [0.4, 0.5) is 0 Å². The molecule has 6 aliphatic rings. The highest BCUT2D eigenvalue weighted by Crippen LogP contribution is 2.48. The Hall–Kier alpha value is -2.48. The molecule has 1 aliphatic heterocycles. The predicted molar refractivity (Wildman–Crippen MR) is 157 cm³/mol. The van der Waals surface area contributed by atoms with Crippen molar-refractivity contribution < 1.29 is 0 Å². The van der Waals surface area contributed by atoms with E-state index in [1.165, 1.54) is 76.2 Å². The third-order valence-corrected chi connectivity index (χ3v) is 10.2. The zero-order valence-corrected chi connectivity index (χ0v) is 22.5. The average Bonchev–Trinajstić information content (AvgIpc) is 3.50. The Kier molecular flexibility index (Phi) is 7.72. The van der Waals surface area contributed by atoms with Gasteiger partial charge in [0, 0.05) is 18.1 Å². The third kappa shape index (κ3) is 5.40. The maximum Gasteiger partial charge on any atom is 0.0609 e. The molecule has 1 heterocycles. The fourth-order valence-corrected chi connectivity index (χ4v) is 8.04. The predicted octanol–water partition coefficient (Wildman–Crippen LogP) is 8.91. The second kappa shape index (κ2) is 11.5. The summed E-state index contributed by atoms with van der Waals surface area (Å²) in [5, 5.41) is 7.61. The summed E-state index contributed by atoms with van der Waals surface area (Å²) in [6.45, 7) is 0.812.